The molecule has 0 aliphatic rings. The lowest BCUT2D eigenvalue weighted by atomic mass is 10.2. The number of nitrogens with zero attached hydrogens (tertiary/aromatic N) is 2. The van der Waals surface area contributed by atoms with Gasteiger partial charge in [0.05, 0.1) is 17.1 Å². The number of fused-ring (bicyclic) bond motifs is 1. The zero-order valence-corrected chi connectivity index (χ0v) is 18.0. The highest BCUT2D eigenvalue weighted by Gasteiger charge is 2.16. The molecule has 0 spiro atoms. The number of carbonyl (C=O) groups is 1. The topological polar surface area (TPSA) is 92.6 Å². The number of aromatic nitrogens is 2. The minimum Gasteiger partial charge on any atom is -0.350 e. The van der Waals surface area contributed by atoms with Crippen molar-refractivity contribution in [2.75, 3.05) is 6.54 Å². The first-order chi connectivity index (χ1) is 13.2. The van der Waals surface area contributed by atoms with Crippen molar-refractivity contribution in [2.45, 2.75) is 31.7 Å². The van der Waals surface area contributed by atoms with Crippen LogP contribution in [0.15, 0.2) is 52.1 Å². The summed E-state index contributed by atoms with van der Waals surface area (Å²) in [6, 6.07) is 8.91. The predicted molar refractivity (Wildman–Crippen MR) is 110 cm³/mol. The molecule has 0 saturated heterocycles. The van der Waals surface area contributed by atoms with Gasteiger partial charge >= 0.3 is 0 Å². The van der Waals surface area contributed by atoms with Crippen LogP contribution in [0.1, 0.15) is 23.2 Å². The summed E-state index contributed by atoms with van der Waals surface area (Å²) in [6.45, 7) is 3.96. The van der Waals surface area contributed by atoms with Crippen LogP contribution < -0.4 is 10.0 Å². The predicted octanol–water partition coefficient (Wildman–Crippen LogP) is 2.70. The summed E-state index contributed by atoms with van der Waals surface area (Å²) in [4.78, 5) is 16.7. The normalized spacial score (nSPS) is 11.7. The largest absolute Gasteiger partial charge is 0.350 e. The summed E-state index contributed by atoms with van der Waals surface area (Å²) in [5.41, 5.74) is 3.18. The van der Waals surface area contributed by atoms with Crippen molar-refractivity contribution in [3.8, 4) is 0 Å². The van der Waals surface area contributed by atoms with Crippen molar-refractivity contribution >= 4 is 37.5 Å². The van der Waals surface area contributed by atoms with Crippen LogP contribution in [-0.4, -0.2) is 30.3 Å². The summed E-state index contributed by atoms with van der Waals surface area (Å²) in [6.07, 6.45) is 3.77. The summed E-state index contributed by atoms with van der Waals surface area (Å²) < 4.78 is 30.1. The number of imidazole rings is 1. The minimum atomic E-state index is -3.64. The van der Waals surface area contributed by atoms with E-state index in [1.54, 1.807) is 19.1 Å². The molecule has 0 aliphatic heterocycles. The molecule has 7 nitrogen and oxygen atoms in total. The number of hydrogen-bond acceptors (Lipinski definition) is 4. The Morgan fingerprint density at radius 1 is 1.18 bits per heavy atom. The van der Waals surface area contributed by atoms with Crippen LogP contribution in [-0.2, 0) is 21.4 Å². The number of amides is 1. The number of hydrogen-bond donors (Lipinski definition) is 2. The second kappa shape index (κ2) is 8.42. The number of carbonyl (C=O) groups excluding carboxylic acids is 1. The van der Waals surface area contributed by atoms with Crippen LogP contribution in [0.3, 0.4) is 0 Å². The van der Waals surface area contributed by atoms with E-state index < -0.39 is 10.0 Å². The second-order valence-corrected chi connectivity index (χ2v) is 9.19. The molecular weight excluding hydrogens is 444 g/mol. The van der Waals surface area contributed by atoms with Gasteiger partial charge in [-0.05, 0) is 53.5 Å². The van der Waals surface area contributed by atoms with Crippen LogP contribution in [0.5, 0.6) is 0 Å². The summed E-state index contributed by atoms with van der Waals surface area (Å²) in [7, 11) is -3.64. The number of rotatable bonds is 7. The first-order valence-electron chi connectivity index (χ1n) is 8.71. The van der Waals surface area contributed by atoms with E-state index in [4.69, 9.17) is 0 Å². The smallest absolute Gasteiger partial charge is 0.240 e. The molecule has 0 fully saturated rings. The van der Waals surface area contributed by atoms with Gasteiger partial charge in [-0.2, -0.15) is 0 Å². The summed E-state index contributed by atoms with van der Waals surface area (Å²) in [5, 5.41) is 2.76. The van der Waals surface area contributed by atoms with Gasteiger partial charge in [0, 0.05) is 29.8 Å². The van der Waals surface area contributed by atoms with Gasteiger partial charge in [-0.1, -0.05) is 17.7 Å². The Morgan fingerprint density at radius 3 is 2.71 bits per heavy atom. The molecule has 0 atom stereocenters. The first-order valence-corrected chi connectivity index (χ1v) is 11.0. The highest BCUT2D eigenvalue weighted by Crippen LogP contribution is 2.16. The first kappa shape index (κ1) is 20.5. The Kier molecular flexibility index (Phi) is 6.17. The molecule has 0 radical (unpaired) electrons. The fraction of sp³-hybridized carbons (Fsp3) is 0.263. The lowest BCUT2D eigenvalue weighted by Crippen LogP contribution is -2.31. The molecule has 0 unspecified atom stereocenters. The van der Waals surface area contributed by atoms with Gasteiger partial charge in [0.2, 0.25) is 15.9 Å². The summed E-state index contributed by atoms with van der Waals surface area (Å²) in [5.74, 6) is -0.249. The third-order valence-electron chi connectivity index (χ3n) is 4.20. The maximum Gasteiger partial charge on any atom is 0.240 e. The number of nitrogens with one attached hydrogen (secondary N) is 2. The van der Waals surface area contributed by atoms with E-state index in [9.17, 15) is 13.2 Å². The van der Waals surface area contributed by atoms with Crippen LogP contribution in [0, 0.1) is 13.8 Å². The maximum atomic E-state index is 12.4. The molecular formula is C19H21BrN4O3S. The maximum absolute atomic E-state index is 12.4. The molecule has 0 saturated carbocycles. The Labute approximate surface area is 172 Å². The van der Waals surface area contributed by atoms with Gasteiger partial charge < -0.3 is 9.72 Å². The number of pyridine rings is 1. The van der Waals surface area contributed by atoms with Gasteiger partial charge in [-0.25, -0.2) is 18.1 Å². The van der Waals surface area contributed by atoms with Crippen molar-refractivity contribution in [1.29, 1.82) is 0 Å². The molecule has 0 aliphatic carbocycles. The van der Waals surface area contributed by atoms with E-state index in [1.165, 1.54) is 0 Å². The average Bonchev–Trinajstić information content (AvgIpc) is 3.01. The van der Waals surface area contributed by atoms with Crippen molar-refractivity contribution < 1.29 is 13.2 Å². The van der Waals surface area contributed by atoms with Crippen molar-refractivity contribution in [3.05, 3.63) is 64.0 Å². The lowest BCUT2D eigenvalue weighted by molar-refractivity contribution is -0.121. The zero-order valence-electron chi connectivity index (χ0n) is 15.6. The fourth-order valence-corrected chi connectivity index (χ4v) is 4.47. The van der Waals surface area contributed by atoms with Gasteiger partial charge in [-0.3, -0.25) is 4.79 Å². The average molecular weight is 465 g/mol. The van der Waals surface area contributed by atoms with Crippen molar-refractivity contribution in [2.24, 2.45) is 0 Å². The van der Waals surface area contributed by atoms with Gasteiger partial charge in [0.1, 0.15) is 5.65 Å². The third-order valence-corrected chi connectivity index (χ3v) is 6.29. The van der Waals surface area contributed by atoms with Crippen LogP contribution in [0.2, 0.25) is 0 Å². The molecule has 2 aromatic heterocycles. The van der Waals surface area contributed by atoms with E-state index in [0.29, 0.717) is 5.56 Å². The monoisotopic (exact) mass is 464 g/mol. The van der Waals surface area contributed by atoms with Gasteiger partial charge in [0.15, 0.2) is 0 Å². The molecule has 2 N–H and O–H groups in total. The Morgan fingerprint density at radius 2 is 1.96 bits per heavy atom. The van der Waals surface area contributed by atoms with Gasteiger partial charge in [-0.15, -0.1) is 0 Å². The van der Waals surface area contributed by atoms with E-state index in [-0.39, 0.29) is 30.3 Å². The Bertz CT molecular complexity index is 1130. The quantitative estimate of drug-likeness (QED) is 0.561. The molecule has 1 amide bonds. The fourth-order valence-electron chi connectivity index (χ4n) is 2.86. The molecule has 28 heavy (non-hydrogen) atoms. The molecule has 3 aromatic rings. The van der Waals surface area contributed by atoms with Crippen molar-refractivity contribution in [3.63, 3.8) is 0 Å². The lowest BCUT2D eigenvalue weighted by Gasteiger charge is -2.10. The third kappa shape index (κ3) is 4.98. The molecule has 3 rings (SSSR count). The number of benzene rings is 1. The number of sulfonamides is 1. The van der Waals surface area contributed by atoms with Gasteiger partial charge in [0.25, 0.3) is 0 Å². The standard InChI is InChI=1S/C19H21BrN4O3S/c1-13-3-5-17(14(2)9-13)28(26,27)22-8-7-19(25)21-10-16-12-24-11-15(20)4-6-18(24)23-16/h3-6,9,11-12,22H,7-8,10H2,1-2H3,(H,21,25). The van der Waals surface area contributed by atoms with E-state index in [0.717, 1.165) is 21.4 Å². The Balaban J connectivity index is 1.51. The molecule has 0 bridgehead atoms. The number of halogens is 1. The molecule has 1 aromatic carbocycles. The minimum absolute atomic E-state index is 0.0274. The van der Waals surface area contributed by atoms with Crippen LogP contribution in [0.4, 0.5) is 0 Å². The zero-order chi connectivity index (χ0) is 20.3. The Hall–Kier alpha value is -2.23. The van der Waals surface area contributed by atoms with Crippen molar-refractivity contribution in [1.82, 2.24) is 19.4 Å². The molecule has 2 heterocycles. The SMILES string of the molecule is Cc1ccc(S(=O)(=O)NCCC(=O)NCc2cn3cc(Br)ccc3n2)c(C)c1. The van der Waals surface area contributed by atoms with E-state index in [1.807, 2.05) is 41.9 Å². The number of aryl methyl sites for hydroxylation is 2. The van der Waals surface area contributed by atoms with E-state index in [2.05, 4.69) is 31.0 Å². The highest BCUT2D eigenvalue weighted by atomic mass is 79.9. The molecule has 148 valence electrons. The van der Waals surface area contributed by atoms with E-state index >= 15 is 0 Å². The highest BCUT2D eigenvalue weighted by molar-refractivity contribution is 9.10. The van der Waals surface area contributed by atoms with Crippen LogP contribution >= 0.6 is 15.9 Å². The molecule has 9 heteroatoms. The second-order valence-electron chi connectivity index (χ2n) is 6.54. The summed E-state index contributed by atoms with van der Waals surface area (Å²) >= 11 is 3.40. The van der Waals surface area contributed by atoms with Crippen LogP contribution in [0.25, 0.3) is 5.65 Å².